The second-order valence-electron chi connectivity index (χ2n) is 7.84. The zero-order valence-corrected chi connectivity index (χ0v) is 20.2. The summed E-state index contributed by atoms with van der Waals surface area (Å²) in [6.07, 6.45) is 0.941. The molecule has 0 aromatic heterocycles. The van der Waals surface area contributed by atoms with Crippen LogP contribution in [0.1, 0.15) is 27.2 Å². The summed E-state index contributed by atoms with van der Waals surface area (Å²) in [4.78, 5) is 31.9. The number of morpholine rings is 1. The summed E-state index contributed by atoms with van der Waals surface area (Å²) in [5.74, 6) is 0.254. The Morgan fingerprint density at radius 2 is 1.79 bits per heavy atom. The number of nitrogens with one attached hydrogen (secondary N) is 3. The van der Waals surface area contributed by atoms with E-state index in [1.54, 1.807) is 14.1 Å². The molecule has 1 aliphatic heterocycles. The summed E-state index contributed by atoms with van der Waals surface area (Å²) >= 11 is 0. The lowest BCUT2D eigenvalue weighted by atomic mass is 10.1. The molecule has 10 heteroatoms. The lowest BCUT2D eigenvalue weighted by Gasteiger charge is -2.26. The zero-order chi connectivity index (χ0) is 20.3. The molecule has 0 radical (unpaired) electrons. The van der Waals surface area contributed by atoms with Crippen molar-refractivity contribution in [2.45, 2.75) is 32.7 Å². The van der Waals surface area contributed by atoms with E-state index in [0.717, 1.165) is 39.3 Å². The zero-order valence-electron chi connectivity index (χ0n) is 17.8. The molecule has 3 N–H and O–H groups in total. The maximum Gasteiger partial charge on any atom is 0.242 e. The van der Waals surface area contributed by atoms with Crippen LogP contribution in [0.5, 0.6) is 0 Å². The number of nitrogens with zero attached hydrogens (tertiary/aromatic N) is 3. The fourth-order valence-electron chi connectivity index (χ4n) is 2.43. The first-order valence-corrected chi connectivity index (χ1v) is 9.51. The van der Waals surface area contributed by atoms with Crippen molar-refractivity contribution in [1.29, 1.82) is 0 Å². The standard InChI is InChI=1S/C18H36N6O3.HI/c1-18(2,3)22-15(25)13-20-17(21-14-16(26)23(4)5)19-7-6-8-24-9-11-27-12-10-24;/h6-14H2,1-5H3,(H,22,25)(H2,19,20,21);1H. The molecule has 0 bridgehead atoms. The first-order valence-electron chi connectivity index (χ1n) is 9.51. The third-order valence-electron chi connectivity index (χ3n) is 3.85. The van der Waals surface area contributed by atoms with Crippen LogP contribution in [-0.2, 0) is 14.3 Å². The molecule has 1 fully saturated rings. The van der Waals surface area contributed by atoms with E-state index in [9.17, 15) is 9.59 Å². The van der Waals surface area contributed by atoms with Crippen LogP contribution in [0.2, 0.25) is 0 Å². The number of carbonyl (C=O) groups is 2. The lowest BCUT2D eigenvalue weighted by molar-refractivity contribution is -0.127. The van der Waals surface area contributed by atoms with Gasteiger partial charge in [-0.25, -0.2) is 4.99 Å². The number of carbonyl (C=O) groups excluding carboxylic acids is 2. The Hall–Kier alpha value is -1.14. The van der Waals surface area contributed by atoms with E-state index in [0.29, 0.717) is 12.5 Å². The van der Waals surface area contributed by atoms with Gasteiger partial charge in [0.25, 0.3) is 0 Å². The summed E-state index contributed by atoms with van der Waals surface area (Å²) in [7, 11) is 3.40. The Labute approximate surface area is 186 Å². The highest BCUT2D eigenvalue weighted by Crippen LogP contribution is 1.98. The number of rotatable bonds is 8. The molecular formula is C18H37IN6O3. The van der Waals surface area contributed by atoms with Gasteiger partial charge in [0.1, 0.15) is 6.54 Å². The molecule has 0 aromatic rings. The fraction of sp³-hybridized carbons (Fsp3) is 0.833. The molecule has 1 saturated heterocycles. The SMILES string of the molecule is CN(C)C(=O)CNC(=NCC(=O)NC(C)(C)C)NCCCN1CCOCC1.I. The summed E-state index contributed by atoms with van der Waals surface area (Å²) in [6.45, 7) is 11.1. The first-order chi connectivity index (χ1) is 12.7. The van der Waals surface area contributed by atoms with Gasteiger partial charge in [-0.2, -0.15) is 0 Å². The van der Waals surface area contributed by atoms with Crippen LogP contribution in [0.4, 0.5) is 0 Å². The van der Waals surface area contributed by atoms with Gasteiger partial charge in [0, 0.05) is 39.3 Å². The number of hydrogen-bond donors (Lipinski definition) is 3. The number of likely N-dealkylation sites (N-methyl/N-ethyl adjacent to an activating group) is 1. The van der Waals surface area contributed by atoms with Gasteiger partial charge < -0.3 is 25.6 Å². The van der Waals surface area contributed by atoms with Gasteiger partial charge in [0.2, 0.25) is 11.8 Å². The second-order valence-corrected chi connectivity index (χ2v) is 7.84. The predicted molar refractivity (Wildman–Crippen MR) is 122 cm³/mol. The van der Waals surface area contributed by atoms with Crippen LogP contribution in [0.15, 0.2) is 4.99 Å². The highest BCUT2D eigenvalue weighted by Gasteiger charge is 2.14. The molecule has 0 saturated carbocycles. The molecule has 0 atom stereocenters. The number of amides is 2. The second kappa shape index (κ2) is 13.9. The number of guanidine groups is 1. The molecule has 0 aromatic carbocycles. The van der Waals surface area contributed by atoms with Gasteiger partial charge in [-0.05, 0) is 33.7 Å². The Morgan fingerprint density at radius 3 is 2.36 bits per heavy atom. The van der Waals surface area contributed by atoms with Crippen molar-refractivity contribution < 1.29 is 14.3 Å². The number of halogens is 1. The summed E-state index contributed by atoms with van der Waals surface area (Å²) in [5.41, 5.74) is -0.299. The van der Waals surface area contributed by atoms with Gasteiger partial charge in [-0.1, -0.05) is 0 Å². The summed E-state index contributed by atoms with van der Waals surface area (Å²) in [5, 5.41) is 9.07. The van der Waals surface area contributed by atoms with Crippen molar-refractivity contribution in [2.24, 2.45) is 4.99 Å². The van der Waals surface area contributed by atoms with Crippen LogP contribution in [-0.4, -0.2) is 99.7 Å². The number of aliphatic imine (C=N–C) groups is 1. The Morgan fingerprint density at radius 1 is 1.14 bits per heavy atom. The van der Waals surface area contributed by atoms with E-state index in [4.69, 9.17) is 4.74 Å². The lowest BCUT2D eigenvalue weighted by Crippen LogP contribution is -2.45. The smallest absolute Gasteiger partial charge is 0.242 e. The molecule has 2 amide bonds. The Bertz CT molecular complexity index is 502. The molecule has 1 rings (SSSR count). The number of hydrogen-bond acceptors (Lipinski definition) is 5. The van der Waals surface area contributed by atoms with E-state index >= 15 is 0 Å². The average molecular weight is 512 g/mol. The van der Waals surface area contributed by atoms with Crippen LogP contribution in [0, 0.1) is 0 Å². The minimum atomic E-state index is -0.299. The molecule has 0 aliphatic carbocycles. The topological polar surface area (TPSA) is 98.3 Å². The van der Waals surface area contributed by atoms with E-state index < -0.39 is 0 Å². The van der Waals surface area contributed by atoms with E-state index in [2.05, 4.69) is 25.8 Å². The van der Waals surface area contributed by atoms with Gasteiger partial charge in [-0.3, -0.25) is 14.5 Å². The van der Waals surface area contributed by atoms with E-state index in [-0.39, 0.29) is 54.4 Å². The van der Waals surface area contributed by atoms with Crippen molar-refractivity contribution in [3.63, 3.8) is 0 Å². The molecule has 0 unspecified atom stereocenters. The van der Waals surface area contributed by atoms with Crippen molar-refractivity contribution in [3.8, 4) is 0 Å². The van der Waals surface area contributed by atoms with Crippen LogP contribution >= 0.6 is 24.0 Å². The molecule has 9 nitrogen and oxygen atoms in total. The highest BCUT2D eigenvalue weighted by atomic mass is 127. The van der Waals surface area contributed by atoms with Crippen LogP contribution in [0.25, 0.3) is 0 Å². The maximum absolute atomic E-state index is 12.0. The quantitative estimate of drug-likeness (QED) is 0.181. The third-order valence-corrected chi connectivity index (χ3v) is 3.85. The monoisotopic (exact) mass is 512 g/mol. The van der Waals surface area contributed by atoms with Crippen molar-refractivity contribution in [1.82, 2.24) is 25.8 Å². The van der Waals surface area contributed by atoms with Crippen molar-refractivity contribution in [3.05, 3.63) is 0 Å². The van der Waals surface area contributed by atoms with E-state index in [1.165, 1.54) is 4.90 Å². The molecule has 1 aliphatic rings. The van der Waals surface area contributed by atoms with Gasteiger partial charge in [0.15, 0.2) is 5.96 Å². The van der Waals surface area contributed by atoms with Crippen LogP contribution < -0.4 is 16.0 Å². The van der Waals surface area contributed by atoms with Crippen molar-refractivity contribution in [2.75, 3.05) is 66.6 Å². The summed E-state index contributed by atoms with van der Waals surface area (Å²) in [6, 6.07) is 0. The average Bonchev–Trinajstić information content (AvgIpc) is 2.59. The first kappa shape index (κ1) is 26.9. The molecule has 164 valence electrons. The fourth-order valence-corrected chi connectivity index (χ4v) is 2.43. The summed E-state index contributed by atoms with van der Waals surface area (Å²) < 4.78 is 5.35. The van der Waals surface area contributed by atoms with E-state index in [1.807, 2.05) is 20.8 Å². The maximum atomic E-state index is 12.0. The number of ether oxygens (including phenoxy) is 1. The van der Waals surface area contributed by atoms with Gasteiger partial charge >= 0.3 is 0 Å². The molecule has 0 spiro atoms. The van der Waals surface area contributed by atoms with Crippen molar-refractivity contribution >= 4 is 41.8 Å². The van der Waals surface area contributed by atoms with Gasteiger partial charge in [-0.15, -0.1) is 24.0 Å². The minimum Gasteiger partial charge on any atom is -0.379 e. The van der Waals surface area contributed by atoms with Crippen LogP contribution in [0.3, 0.4) is 0 Å². The van der Waals surface area contributed by atoms with Gasteiger partial charge in [0.05, 0.1) is 19.8 Å². The normalized spacial score (nSPS) is 15.4. The molecule has 28 heavy (non-hydrogen) atoms. The largest absolute Gasteiger partial charge is 0.379 e. The third kappa shape index (κ3) is 13.1. The molecular weight excluding hydrogens is 475 g/mol. The molecule has 1 heterocycles. The highest BCUT2D eigenvalue weighted by molar-refractivity contribution is 14.0. The Kier molecular flexibility index (Phi) is 13.4. The minimum absolute atomic E-state index is 0. The Balaban J connectivity index is 0.00000729. The predicted octanol–water partition coefficient (Wildman–Crippen LogP) is -0.135.